The van der Waals surface area contributed by atoms with Crippen molar-refractivity contribution in [1.82, 2.24) is 29.1 Å². The van der Waals surface area contributed by atoms with Gasteiger partial charge >= 0.3 is 5.69 Å². The van der Waals surface area contributed by atoms with E-state index in [1.807, 2.05) is 6.07 Å². The molecule has 10 nitrogen and oxygen atoms in total. The van der Waals surface area contributed by atoms with Gasteiger partial charge in [0.1, 0.15) is 24.2 Å². The summed E-state index contributed by atoms with van der Waals surface area (Å²) >= 11 is 0. The molecular weight excluding hydrogens is 463 g/mol. The SMILES string of the molecule is N#CCn1c(=O)[nH]c2nc(-n3cnc4ccc(C#N)cc43)ncc21.OC1CCCc2cc(F)ccc21. The highest BCUT2D eigenvalue weighted by atomic mass is 19.1. The largest absolute Gasteiger partial charge is 0.388 e. The van der Waals surface area contributed by atoms with Crippen molar-refractivity contribution in [2.24, 2.45) is 0 Å². The zero-order valence-corrected chi connectivity index (χ0v) is 18.9. The molecule has 0 saturated heterocycles. The molecule has 1 aliphatic rings. The second kappa shape index (κ2) is 9.41. The smallest absolute Gasteiger partial charge is 0.328 e. The van der Waals surface area contributed by atoms with Crippen molar-refractivity contribution < 1.29 is 9.50 Å². The Labute approximate surface area is 203 Å². The van der Waals surface area contributed by atoms with Crippen molar-refractivity contribution in [2.75, 3.05) is 0 Å². The lowest BCUT2D eigenvalue weighted by molar-refractivity contribution is 0.156. The van der Waals surface area contributed by atoms with Gasteiger partial charge < -0.3 is 5.11 Å². The van der Waals surface area contributed by atoms with Crippen LogP contribution in [0.5, 0.6) is 0 Å². The van der Waals surface area contributed by atoms with Gasteiger partial charge in [0.15, 0.2) is 5.65 Å². The fraction of sp³-hybridized carbons (Fsp3) is 0.200. The summed E-state index contributed by atoms with van der Waals surface area (Å²) in [5.74, 6) is 0.105. The average molecular weight is 482 g/mol. The maximum atomic E-state index is 12.7. The van der Waals surface area contributed by atoms with Crippen molar-refractivity contribution >= 4 is 22.2 Å². The highest BCUT2D eigenvalue weighted by Gasteiger charge is 2.17. The van der Waals surface area contributed by atoms with Crippen molar-refractivity contribution in [2.45, 2.75) is 31.9 Å². The Hall–Kier alpha value is -4.87. The third kappa shape index (κ3) is 4.19. The predicted molar refractivity (Wildman–Crippen MR) is 127 cm³/mol. The summed E-state index contributed by atoms with van der Waals surface area (Å²) in [7, 11) is 0. The van der Waals surface area contributed by atoms with Gasteiger partial charge in [-0.15, -0.1) is 0 Å². The summed E-state index contributed by atoms with van der Waals surface area (Å²) in [6.45, 7) is -0.0823. The number of halogens is 1. The van der Waals surface area contributed by atoms with Crippen LogP contribution in [0, 0.1) is 28.5 Å². The maximum Gasteiger partial charge on any atom is 0.328 e. The second-order valence-corrected chi connectivity index (χ2v) is 8.26. The van der Waals surface area contributed by atoms with E-state index in [9.17, 15) is 14.3 Å². The molecule has 6 rings (SSSR count). The highest BCUT2D eigenvalue weighted by molar-refractivity contribution is 5.79. The molecule has 0 fully saturated rings. The number of benzene rings is 2. The lowest BCUT2D eigenvalue weighted by atomic mass is 9.89. The number of nitrogens with one attached hydrogen (secondary N) is 1. The topological polar surface area (TPSA) is 149 Å². The zero-order chi connectivity index (χ0) is 25.2. The molecule has 1 atom stereocenters. The molecule has 5 aromatic rings. The van der Waals surface area contributed by atoms with Gasteiger partial charge in [0.2, 0.25) is 5.95 Å². The minimum absolute atomic E-state index is 0.0823. The van der Waals surface area contributed by atoms with Crippen LogP contribution in [0.2, 0.25) is 0 Å². The molecule has 0 amide bonds. The van der Waals surface area contributed by atoms with E-state index in [1.165, 1.54) is 22.9 Å². The summed E-state index contributed by atoms with van der Waals surface area (Å²) in [5.41, 5.74) is 4.13. The second-order valence-electron chi connectivity index (χ2n) is 8.26. The predicted octanol–water partition coefficient (Wildman–Crippen LogP) is 3.05. The first-order chi connectivity index (χ1) is 17.5. The van der Waals surface area contributed by atoms with Crippen LogP contribution in [0.1, 0.15) is 35.6 Å². The van der Waals surface area contributed by atoms with Crippen LogP contribution in [0.25, 0.3) is 28.1 Å². The molecule has 0 spiro atoms. The summed E-state index contributed by atoms with van der Waals surface area (Å²) < 4.78 is 15.6. The molecular formula is C25H19FN8O2. The van der Waals surface area contributed by atoms with Crippen molar-refractivity contribution in [3.8, 4) is 18.1 Å². The monoisotopic (exact) mass is 482 g/mol. The Balaban J connectivity index is 0.000000186. The summed E-state index contributed by atoms with van der Waals surface area (Å²) in [5, 5.41) is 27.4. The van der Waals surface area contributed by atoms with Gasteiger partial charge in [-0.1, -0.05) is 6.07 Å². The van der Waals surface area contributed by atoms with E-state index in [1.54, 1.807) is 35.2 Å². The number of hydrogen-bond donors (Lipinski definition) is 2. The van der Waals surface area contributed by atoms with Crippen molar-refractivity contribution in [3.63, 3.8) is 0 Å². The number of fused-ring (bicyclic) bond motifs is 3. The third-order valence-electron chi connectivity index (χ3n) is 6.03. The standard InChI is InChI=1S/C15H8N8O.C10H11FO/c16-3-4-22-12-7-18-14(20-13(12)21-15(22)24)23-8-19-10-2-1-9(6-17)5-11(10)23;11-8-4-5-9-7(6-8)2-1-3-10(9)12/h1-2,5,7-8H,4H2,(H,18,20,21,24);4-6,10,12H,1-3H2. The molecule has 1 aliphatic carbocycles. The molecule has 36 heavy (non-hydrogen) atoms. The average Bonchev–Trinajstić information content (AvgIpc) is 3.44. The molecule has 2 N–H and O–H groups in total. The van der Waals surface area contributed by atoms with Gasteiger partial charge in [-0.2, -0.15) is 15.5 Å². The van der Waals surface area contributed by atoms with Gasteiger partial charge in [-0.25, -0.2) is 19.2 Å². The van der Waals surface area contributed by atoms with E-state index >= 15 is 0 Å². The molecule has 2 aromatic carbocycles. The molecule has 0 radical (unpaired) electrons. The minimum Gasteiger partial charge on any atom is -0.388 e. The summed E-state index contributed by atoms with van der Waals surface area (Å²) in [6, 6.07) is 13.7. The van der Waals surface area contributed by atoms with Crippen molar-refractivity contribution in [1.29, 1.82) is 10.5 Å². The number of rotatable bonds is 2. The number of imidazole rings is 2. The zero-order valence-electron chi connectivity index (χ0n) is 18.9. The van der Waals surface area contributed by atoms with Crippen LogP contribution in [-0.4, -0.2) is 34.2 Å². The number of nitriles is 2. The lowest BCUT2D eigenvalue weighted by Gasteiger charge is -2.20. The van der Waals surface area contributed by atoms with Gasteiger partial charge in [0.05, 0.1) is 41.0 Å². The van der Waals surface area contributed by atoms with Gasteiger partial charge in [0.25, 0.3) is 0 Å². The van der Waals surface area contributed by atoms with E-state index in [0.717, 1.165) is 30.4 Å². The quantitative estimate of drug-likeness (QED) is 0.393. The Morgan fingerprint density at radius 1 is 1.17 bits per heavy atom. The van der Waals surface area contributed by atoms with Crippen LogP contribution < -0.4 is 5.69 Å². The molecule has 0 saturated carbocycles. The third-order valence-corrected chi connectivity index (χ3v) is 6.03. The molecule has 0 bridgehead atoms. The number of hydrogen-bond acceptors (Lipinski definition) is 7. The van der Waals surface area contributed by atoms with Gasteiger partial charge in [-0.05, 0) is 60.7 Å². The fourth-order valence-electron chi connectivity index (χ4n) is 4.27. The molecule has 1 unspecified atom stereocenters. The van der Waals surface area contributed by atoms with E-state index in [0.29, 0.717) is 33.7 Å². The molecule has 11 heteroatoms. The maximum absolute atomic E-state index is 12.7. The van der Waals surface area contributed by atoms with Crippen LogP contribution in [-0.2, 0) is 13.0 Å². The van der Waals surface area contributed by atoms with Crippen molar-refractivity contribution in [3.05, 3.63) is 81.9 Å². The van der Waals surface area contributed by atoms with Crippen LogP contribution in [0.3, 0.4) is 0 Å². The molecule has 178 valence electrons. The summed E-state index contributed by atoms with van der Waals surface area (Å²) in [4.78, 5) is 27.3. The Morgan fingerprint density at radius 2 is 2.03 bits per heavy atom. The number of H-pyrrole nitrogens is 1. The molecule has 3 aromatic heterocycles. The number of aliphatic hydroxyl groups is 1. The van der Waals surface area contributed by atoms with Crippen LogP contribution in [0.4, 0.5) is 4.39 Å². The van der Waals surface area contributed by atoms with E-state index in [2.05, 4.69) is 26.0 Å². The Morgan fingerprint density at radius 3 is 2.83 bits per heavy atom. The van der Waals surface area contributed by atoms with Crippen LogP contribution in [0.15, 0.2) is 53.7 Å². The van der Waals surface area contributed by atoms with Crippen LogP contribution >= 0.6 is 0 Å². The fourth-order valence-corrected chi connectivity index (χ4v) is 4.27. The van der Waals surface area contributed by atoms with Gasteiger partial charge in [-0.3, -0.25) is 14.1 Å². The first-order valence-electron chi connectivity index (χ1n) is 11.1. The first kappa shape index (κ1) is 22.9. The Bertz CT molecular complexity index is 1740. The number of aromatic amines is 1. The number of aliphatic hydroxyl groups excluding tert-OH is 1. The minimum atomic E-state index is -0.416. The summed E-state index contributed by atoms with van der Waals surface area (Å²) in [6.07, 6.45) is 5.30. The first-order valence-corrected chi connectivity index (χ1v) is 11.1. The van der Waals surface area contributed by atoms with E-state index < -0.39 is 5.69 Å². The molecule has 0 aliphatic heterocycles. The highest BCUT2D eigenvalue weighted by Crippen LogP contribution is 2.29. The van der Waals surface area contributed by atoms with E-state index in [4.69, 9.17) is 10.5 Å². The normalized spacial score (nSPS) is 14.5. The van der Waals surface area contributed by atoms with E-state index in [-0.39, 0.29) is 18.5 Å². The number of aromatic nitrogens is 6. The van der Waals surface area contributed by atoms with Gasteiger partial charge in [0, 0.05) is 0 Å². The molecule has 3 heterocycles. The number of aryl methyl sites for hydroxylation is 1. The lowest BCUT2D eigenvalue weighted by Crippen LogP contribution is -2.15. The Kier molecular flexibility index (Phi) is 5.98. The number of nitrogens with zero attached hydrogens (tertiary/aromatic N) is 7.